The lowest BCUT2D eigenvalue weighted by Crippen LogP contribution is -2.32. The molecule has 1 N–H and O–H groups in total. The molecule has 4 rings (SSSR count). The Balaban J connectivity index is 1.52. The number of ether oxygens (including phenoxy) is 1. The summed E-state index contributed by atoms with van der Waals surface area (Å²) in [6.45, 7) is 2.02. The van der Waals surface area contributed by atoms with E-state index in [9.17, 15) is 9.18 Å². The summed E-state index contributed by atoms with van der Waals surface area (Å²) in [7, 11) is 1.77. The molecular weight excluding hydrogens is 333 g/mol. The summed E-state index contributed by atoms with van der Waals surface area (Å²) in [6.07, 6.45) is -0.329. The summed E-state index contributed by atoms with van der Waals surface area (Å²) < 4.78 is 20.6. The Morgan fingerprint density at radius 2 is 2.08 bits per heavy atom. The van der Waals surface area contributed by atoms with Gasteiger partial charge in [-0.1, -0.05) is 24.3 Å². The van der Waals surface area contributed by atoms with Crippen molar-refractivity contribution in [2.45, 2.75) is 19.4 Å². The van der Waals surface area contributed by atoms with E-state index in [2.05, 4.69) is 10.4 Å². The minimum atomic E-state index is -0.677. The maximum absolute atomic E-state index is 13.3. The largest absolute Gasteiger partial charge is 0.480 e. The number of carbonyl (C=O) groups is 1. The molecule has 2 aromatic carbocycles. The number of benzene rings is 2. The van der Waals surface area contributed by atoms with Crippen LogP contribution in [0.4, 0.5) is 10.2 Å². The van der Waals surface area contributed by atoms with E-state index in [4.69, 9.17) is 4.74 Å². The molecule has 0 saturated carbocycles. The number of carbonyl (C=O) groups excluding carboxylic acids is 1. The van der Waals surface area contributed by atoms with Gasteiger partial charge in [-0.2, -0.15) is 5.10 Å². The zero-order valence-corrected chi connectivity index (χ0v) is 14.5. The molecule has 26 heavy (non-hydrogen) atoms. The molecule has 1 atom stereocenters. The first-order valence-electron chi connectivity index (χ1n) is 8.37. The second kappa shape index (κ2) is 6.29. The van der Waals surface area contributed by atoms with E-state index >= 15 is 0 Å². The van der Waals surface area contributed by atoms with Gasteiger partial charge < -0.3 is 10.1 Å². The normalized spacial score (nSPS) is 15.4. The summed E-state index contributed by atoms with van der Waals surface area (Å²) in [5.74, 6) is 0.528. The van der Waals surface area contributed by atoms with E-state index in [0.717, 1.165) is 16.8 Å². The molecule has 0 aliphatic carbocycles. The summed E-state index contributed by atoms with van der Waals surface area (Å²) >= 11 is 0. The lowest BCUT2D eigenvalue weighted by atomic mass is 10.1. The van der Waals surface area contributed by atoms with Gasteiger partial charge in [0.05, 0.1) is 5.69 Å². The maximum Gasteiger partial charge on any atom is 0.266 e. The Morgan fingerprint density at radius 1 is 1.27 bits per heavy atom. The van der Waals surface area contributed by atoms with E-state index in [1.165, 1.54) is 12.1 Å². The van der Waals surface area contributed by atoms with Gasteiger partial charge in [-0.15, -0.1) is 0 Å². The van der Waals surface area contributed by atoms with E-state index in [1.54, 1.807) is 17.8 Å². The number of aryl methyl sites for hydroxylation is 2. The van der Waals surface area contributed by atoms with Crippen molar-refractivity contribution >= 4 is 11.7 Å². The van der Waals surface area contributed by atoms with Gasteiger partial charge in [0.1, 0.15) is 17.4 Å². The van der Waals surface area contributed by atoms with Gasteiger partial charge in [0.2, 0.25) is 0 Å². The molecule has 132 valence electrons. The van der Waals surface area contributed by atoms with Gasteiger partial charge in [0.25, 0.3) is 5.91 Å². The quantitative estimate of drug-likeness (QED) is 0.786. The van der Waals surface area contributed by atoms with Gasteiger partial charge in [0.15, 0.2) is 6.10 Å². The van der Waals surface area contributed by atoms with Gasteiger partial charge >= 0.3 is 0 Å². The van der Waals surface area contributed by atoms with E-state index in [0.29, 0.717) is 23.6 Å². The summed E-state index contributed by atoms with van der Waals surface area (Å²) in [5.41, 5.74) is 3.62. The molecule has 0 fully saturated rings. The number of fused-ring (bicyclic) bond motifs is 1. The van der Waals surface area contributed by atoms with Crippen LogP contribution in [0, 0.1) is 12.7 Å². The molecule has 1 amide bonds. The number of halogens is 1. The second-order valence-electron chi connectivity index (χ2n) is 6.41. The smallest absolute Gasteiger partial charge is 0.266 e. The number of hydrogen-bond acceptors (Lipinski definition) is 3. The van der Waals surface area contributed by atoms with Crippen molar-refractivity contribution in [3.8, 4) is 17.0 Å². The number of hydrogen-bond donors (Lipinski definition) is 1. The van der Waals surface area contributed by atoms with Crippen molar-refractivity contribution in [3.63, 3.8) is 0 Å². The molecule has 1 aromatic heterocycles. The second-order valence-corrected chi connectivity index (χ2v) is 6.41. The number of aromatic nitrogens is 2. The molecule has 1 unspecified atom stereocenters. The van der Waals surface area contributed by atoms with Crippen molar-refractivity contribution in [2.24, 2.45) is 7.05 Å². The Labute approximate surface area is 150 Å². The monoisotopic (exact) mass is 351 g/mol. The summed E-state index contributed by atoms with van der Waals surface area (Å²) in [6, 6.07) is 14.1. The molecule has 0 saturated heterocycles. The van der Waals surface area contributed by atoms with Gasteiger partial charge in [-0.3, -0.25) is 9.48 Å². The highest BCUT2D eigenvalue weighted by molar-refractivity contribution is 5.95. The van der Waals surface area contributed by atoms with Crippen LogP contribution >= 0.6 is 0 Å². The summed E-state index contributed by atoms with van der Waals surface area (Å²) in [4.78, 5) is 12.6. The van der Waals surface area contributed by atoms with Crippen molar-refractivity contribution in [1.29, 1.82) is 0 Å². The van der Waals surface area contributed by atoms with Crippen LogP contribution in [0.1, 0.15) is 11.1 Å². The molecule has 6 heteroatoms. The lowest BCUT2D eigenvalue weighted by Gasteiger charge is -2.11. The Kier molecular flexibility index (Phi) is 3.95. The maximum atomic E-state index is 13.3. The van der Waals surface area contributed by atoms with Crippen molar-refractivity contribution in [2.75, 3.05) is 5.32 Å². The fourth-order valence-electron chi connectivity index (χ4n) is 3.15. The van der Waals surface area contributed by atoms with Crippen LogP contribution in [0.25, 0.3) is 11.3 Å². The van der Waals surface area contributed by atoms with E-state index in [-0.39, 0.29) is 11.7 Å². The average Bonchev–Trinajstić information content (AvgIpc) is 3.19. The van der Waals surface area contributed by atoms with Crippen molar-refractivity contribution in [3.05, 3.63) is 65.5 Å². The molecule has 5 nitrogen and oxygen atoms in total. The molecule has 3 aromatic rings. The van der Waals surface area contributed by atoms with Crippen LogP contribution < -0.4 is 10.1 Å². The number of nitrogens with zero attached hydrogens (tertiary/aromatic N) is 2. The van der Waals surface area contributed by atoms with Crippen molar-refractivity contribution < 1.29 is 13.9 Å². The standard InChI is InChI=1S/C20H18FN3O2/c1-12-5-3-4-6-15(12)16-11-19(24(2)23-16)22-20(25)18-10-13-9-14(21)7-8-17(13)26-18/h3-9,11,18H,10H2,1-2H3,(H,22,25). The molecule has 1 aliphatic rings. The fraction of sp³-hybridized carbons (Fsp3) is 0.200. The Bertz CT molecular complexity index is 996. The topological polar surface area (TPSA) is 56.1 Å². The van der Waals surface area contributed by atoms with E-state index in [1.807, 2.05) is 37.3 Å². The Morgan fingerprint density at radius 3 is 2.88 bits per heavy atom. The van der Waals surface area contributed by atoms with Gasteiger partial charge in [-0.05, 0) is 30.7 Å². The first-order chi connectivity index (χ1) is 12.5. The van der Waals surface area contributed by atoms with Crippen LogP contribution in [0.15, 0.2) is 48.5 Å². The fourth-order valence-corrected chi connectivity index (χ4v) is 3.15. The number of nitrogens with one attached hydrogen (secondary N) is 1. The molecule has 2 heterocycles. The predicted molar refractivity (Wildman–Crippen MR) is 96.5 cm³/mol. The van der Waals surface area contributed by atoms with Gasteiger partial charge in [-0.25, -0.2) is 4.39 Å². The van der Waals surface area contributed by atoms with Crippen LogP contribution in [-0.2, 0) is 18.3 Å². The highest BCUT2D eigenvalue weighted by Gasteiger charge is 2.30. The van der Waals surface area contributed by atoms with E-state index < -0.39 is 6.10 Å². The predicted octanol–water partition coefficient (Wildman–Crippen LogP) is 3.48. The zero-order chi connectivity index (χ0) is 18.3. The highest BCUT2D eigenvalue weighted by Crippen LogP contribution is 2.30. The van der Waals surface area contributed by atoms with Crippen molar-refractivity contribution in [1.82, 2.24) is 9.78 Å². The Hall–Kier alpha value is -3.15. The highest BCUT2D eigenvalue weighted by atomic mass is 19.1. The van der Waals surface area contributed by atoms with Gasteiger partial charge in [0, 0.05) is 30.7 Å². The molecule has 0 radical (unpaired) electrons. The average molecular weight is 351 g/mol. The zero-order valence-electron chi connectivity index (χ0n) is 14.5. The van der Waals surface area contributed by atoms with Crippen LogP contribution in [-0.4, -0.2) is 21.8 Å². The molecule has 1 aliphatic heterocycles. The molecule has 0 bridgehead atoms. The third-order valence-corrected chi connectivity index (χ3v) is 4.54. The van der Waals surface area contributed by atoms with Crippen LogP contribution in [0.5, 0.6) is 5.75 Å². The number of anilines is 1. The van der Waals surface area contributed by atoms with Crippen LogP contribution in [0.2, 0.25) is 0 Å². The lowest BCUT2D eigenvalue weighted by molar-refractivity contribution is -0.122. The first-order valence-corrected chi connectivity index (χ1v) is 8.37. The third kappa shape index (κ3) is 2.94. The minimum absolute atomic E-state index is 0.277. The van der Waals surface area contributed by atoms with Crippen LogP contribution in [0.3, 0.4) is 0 Å². The minimum Gasteiger partial charge on any atom is -0.480 e. The summed E-state index contributed by atoms with van der Waals surface area (Å²) in [5, 5.41) is 7.34. The number of rotatable bonds is 3. The molecule has 0 spiro atoms. The third-order valence-electron chi connectivity index (χ3n) is 4.54. The SMILES string of the molecule is Cc1ccccc1-c1cc(NC(=O)C2Cc3cc(F)ccc3O2)n(C)n1. The first kappa shape index (κ1) is 16.3. The molecular formula is C20H18FN3O2. The number of amides is 1.